The third-order valence-electron chi connectivity index (χ3n) is 0.421. The van der Waals surface area contributed by atoms with E-state index < -0.39 is 20.6 Å². The molecule has 70 valence electrons. The van der Waals surface area contributed by atoms with E-state index in [0.29, 0.717) is 0 Å². The minimum Gasteiger partial charge on any atom is -0.394 e. The summed E-state index contributed by atoms with van der Waals surface area (Å²) in [5, 5.41) is 24.0. The standard InChI is InChI=1S/C3H8O3.AsH3O4/c4-1-3(6)2-5;2-1(3,4)5/h3-6H,1-2H2;(H3,2,3,4,5). The molecule has 0 heterocycles. The van der Waals surface area contributed by atoms with Crippen LogP contribution in [0.2, 0.25) is 0 Å². The van der Waals surface area contributed by atoms with Gasteiger partial charge < -0.3 is 15.3 Å². The molecular weight excluding hydrogens is 223 g/mol. The van der Waals surface area contributed by atoms with Crippen LogP contribution in [-0.4, -0.2) is 61.4 Å². The van der Waals surface area contributed by atoms with Gasteiger partial charge in [0.2, 0.25) is 0 Å². The number of rotatable bonds is 2. The van der Waals surface area contributed by atoms with Crippen molar-refractivity contribution in [3.8, 4) is 0 Å². The minimum absolute atomic E-state index is 0.365. The molecule has 0 aliphatic carbocycles. The number of aliphatic hydroxyl groups is 3. The summed E-state index contributed by atoms with van der Waals surface area (Å²) >= 11 is -5.12. The van der Waals surface area contributed by atoms with Crippen LogP contribution in [0.3, 0.4) is 0 Å². The monoisotopic (exact) mass is 234 g/mol. The van der Waals surface area contributed by atoms with E-state index >= 15 is 0 Å². The Bertz CT molecular complexity index is 107. The topological polar surface area (TPSA) is 138 Å². The molecule has 0 bridgehead atoms. The van der Waals surface area contributed by atoms with Gasteiger partial charge in [0, 0.05) is 0 Å². The third-order valence-corrected chi connectivity index (χ3v) is 0.421. The van der Waals surface area contributed by atoms with E-state index in [1.54, 1.807) is 0 Å². The summed E-state index contributed by atoms with van der Waals surface area (Å²) in [6, 6.07) is 0. The van der Waals surface area contributed by atoms with Gasteiger partial charge in [-0.1, -0.05) is 0 Å². The normalized spacial score (nSPS) is 10.8. The van der Waals surface area contributed by atoms with Gasteiger partial charge in [0.15, 0.2) is 0 Å². The molecule has 0 unspecified atom stereocenters. The van der Waals surface area contributed by atoms with Gasteiger partial charge in [-0.15, -0.1) is 0 Å². The summed E-state index contributed by atoms with van der Waals surface area (Å²) in [5.41, 5.74) is 0. The summed E-state index contributed by atoms with van der Waals surface area (Å²) in [6.45, 7) is -0.729. The zero-order chi connectivity index (χ0) is 9.49. The molecule has 0 spiro atoms. The Morgan fingerprint density at radius 2 is 1.27 bits per heavy atom. The Kier molecular flexibility index (Phi) is 8.47. The molecule has 0 aromatic heterocycles. The predicted octanol–water partition coefficient (Wildman–Crippen LogP) is -3.84. The van der Waals surface area contributed by atoms with Crippen LogP contribution >= 0.6 is 0 Å². The van der Waals surface area contributed by atoms with Crippen molar-refractivity contribution < 1.29 is 31.3 Å². The van der Waals surface area contributed by atoms with Crippen LogP contribution < -0.4 is 0 Å². The maximum atomic E-state index is 8.94. The Hall–Kier alpha value is 0.118. The Morgan fingerprint density at radius 3 is 1.27 bits per heavy atom. The first-order valence-corrected chi connectivity index (χ1v) is 5.77. The molecule has 0 saturated carbocycles. The molecule has 7 nitrogen and oxygen atoms in total. The smallest absolute Gasteiger partial charge is 0.100 e. The second kappa shape index (κ2) is 6.81. The van der Waals surface area contributed by atoms with E-state index in [-0.39, 0.29) is 13.2 Å². The summed E-state index contributed by atoms with van der Waals surface area (Å²) < 4.78 is 30.7. The second-order valence-corrected chi connectivity index (χ2v) is 3.69. The number of hydrogen-bond acceptors (Lipinski definition) is 4. The van der Waals surface area contributed by atoms with Crippen LogP contribution in [0, 0.1) is 0 Å². The van der Waals surface area contributed by atoms with Crippen molar-refractivity contribution in [2.24, 2.45) is 0 Å². The molecule has 6 N–H and O–H groups in total. The molecule has 0 aromatic carbocycles. The summed E-state index contributed by atoms with van der Waals surface area (Å²) in [6.07, 6.45) is -0.954. The van der Waals surface area contributed by atoms with Crippen molar-refractivity contribution >= 4 is 14.5 Å². The first-order chi connectivity index (χ1) is 4.81. The van der Waals surface area contributed by atoms with Gasteiger partial charge in [-0.2, -0.15) is 0 Å². The number of aliphatic hydroxyl groups excluding tert-OH is 3. The maximum absolute atomic E-state index is 8.94. The zero-order valence-corrected chi connectivity index (χ0v) is 7.41. The van der Waals surface area contributed by atoms with Crippen molar-refractivity contribution in [1.29, 1.82) is 0 Å². The molecule has 0 radical (unpaired) electrons. The molecule has 0 rings (SSSR count). The predicted molar refractivity (Wildman–Crippen MR) is 33.3 cm³/mol. The minimum atomic E-state index is -5.12. The van der Waals surface area contributed by atoms with Crippen LogP contribution in [0.15, 0.2) is 0 Å². The molecule has 0 aromatic rings. The fraction of sp³-hybridized carbons (Fsp3) is 1.00. The van der Waals surface area contributed by atoms with Crippen LogP contribution in [0.25, 0.3) is 0 Å². The molecule has 0 atom stereocenters. The summed E-state index contributed by atoms with van der Waals surface area (Å²) in [4.78, 5) is 0. The van der Waals surface area contributed by atoms with Gasteiger partial charge in [-0.05, 0) is 0 Å². The third kappa shape index (κ3) is 39.3. The van der Waals surface area contributed by atoms with Gasteiger partial charge in [-0.3, -0.25) is 0 Å². The van der Waals surface area contributed by atoms with Crippen molar-refractivity contribution in [2.75, 3.05) is 13.2 Å². The SMILES string of the molecule is O=[As](O)(O)O.OCC(O)CO. The van der Waals surface area contributed by atoms with Crippen molar-refractivity contribution in [3.05, 3.63) is 0 Å². The van der Waals surface area contributed by atoms with Gasteiger partial charge in [0.25, 0.3) is 0 Å². The molecule has 0 aliphatic heterocycles. The second-order valence-electron chi connectivity index (χ2n) is 1.53. The molecule has 0 amide bonds. The Labute approximate surface area is 65.9 Å². The van der Waals surface area contributed by atoms with Gasteiger partial charge >= 0.3 is 30.5 Å². The molecule has 11 heavy (non-hydrogen) atoms. The molecular formula is C3H11AsO7. The fourth-order valence-electron chi connectivity index (χ4n) is 0.0577. The number of hydrogen-bond donors (Lipinski definition) is 6. The quantitative estimate of drug-likeness (QED) is 0.269. The van der Waals surface area contributed by atoms with Crippen LogP contribution in [0.1, 0.15) is 0 Å². The van der Waals surface area contributed by atoms with Crippen LogP contribution in [0.5, 0.6) is 0 Å². The van der Waals surface area contributed by atoms with E-state index in [1.165, 1.54) is 0 Å². The van der Waals surface area contributed by atoms with Gasteiger partial charge in [0.1, 0.15) is 6.10 Å². The first kappa shape index (κ1) is 13.7. The van der Waals surface area contributed by atoms with E-state index in [1.807, 2.05) is 0 Å². The van der Waals surface area contributed by atoms with E-state index in [2.05, 4.69) is 0 Å². The largest absolute Gasteiger partial charge is 0.394 e. The van der Waals surface area contributed by atoms with Gasteiger partial charge in [0.05, 0.1) is 13.2 Å². The molecule has 0 fully saturated rings. The van der Waals surface area contributed by atoms with Crippen LogP contribution in [0.4, 0.5) is 0 Å². The van der Waals surface area contributed by atoms with Gasteiger partial charge in [-0.25, -0.2) is 0 Å². The maximum Gasteiger partial charge on any atom is 0.100 e. The summed E-state index contributed by atoms with van der Waals surface area (Å²) in [5.74, 6) is 0. The zero-order valence-electron chi connectivity index (χ0n) is 5.53. The van der Waals surface area contributed by atoms with Crippen molar-refractivity contribution in [3.63, 3.8) is 0 Å². The average Bonchev–Trinajstić information content (AvgIpc) is 1.83. The van der Waals surface area contributed by atoms with Crippen molar-refractivity contribution in [2.45, 2.75) is 6.10 Å². The fourth-order valence-corrected chi connectivity index (χ4v) is 0.0577. The van der Waals surface area contributed by atoms with Crippen LogP contribution in [-0.2, 0) is 3.74 Å². The molecule has 0 saturated heterocycles. The average molecular weight is 234 g/mol. The van der Waals surface area contributed by atoms with E-state index in [0.717, 1.165) is 0 Å². The molecule has 8 heteroatoms. The summed E-state index contributed by atoms with van der Waals surface area (Å²) in [7, 11) is 0. The van der Waals surface area contributed by atoms with E-state index in [9.17, 15) is 0 Å². The first-order valence-electron chi connectivity index (χ1n) is 2.49. The Balaban J connectivity index is 0. The van der Waals surface area contributed by atoms with Crippen molar-refractivity contribution in [1.82, 2.24) is 0 Å². The molecule has 0 aliphatic rings. The van der Waals surface area contributed by atoms with E-state index in [4.69, 9.17) is 31.3 Å². The Morgan fingerprint density at radius 1 is 1.09 bits per heavy atom.